The summed E-state index contributed by atoms with van der Waals surface area (Å²) < 4.78 is 0. The predicted octanol–water partition coefficient (Wildman–Crippen LogP) is 2.53. The summed E-state index contributed by atoms with van der Waals surface area (Å²) in [5.74, 6) is 0.201. The fourth-order valence-corrected chi connectivity index (χ4v) is 1.29. The highest BCUT2D eigenvalue weighted by Gasteiger charge is 2.14. The molecule has 0 radical (unpaired) electrons. The van der Waals surface area contributed by atoms with Crippen molar-refractivity contribution in [3.05, 3.63) is 48.6 Å². The van der Waals surface area contributed by atoms with Gasteiger partial charge < -0.3 is 5.21 Å². The zero-order valence-corrected chi connectivity index (χ0v) is 7.77. The van der Waals surface area contributed by atoms with E-state index in [4.69, 9.17) is 5.21 Å². The van der Waals surface area contributed by atoms with Gasteiger partial charge in [-0.05, 0) is 11.5 Å². The van der Waals surface area contributed by atoms with E-state index in [0.717, 1.165) is 5.56 Å². The predicted molar refractivity (Wildman–Crippen MR) is 53.5 cm³/mol. The van der Waals surface area contributed by atoms with Crippen LogP contribution in [0.15, 0.2) is 43.0 Å². The van der Waals surface area contributed by atoms with Gasteiger partial charge >= 0.3 is 0 Å². The maximum Gasteiger partial charge on any atom is 0.0628 e. The molecule has 70 valence electrons. The van der Waals surface area contributed by atoms with Gasteiger partial charge in [0.15, 0.2) is 0 Å². The van der Waals surface area contributed by atoms with Gasteiger partial charge in [0.2, 0.25) is 0 Å². The Morgan fingerprint density at radius 2 is 2.00 bits per heavy atom. The van der Waals surface area contributed by atoms with E-state index in [1.165, 1.54) is 0 Å². The number of nitrogens with one attached hydrogen (secondary N) is 1. The van der Waals surface area contributed by atoms with Crippen molar-refractivity contribution in [1.82, 2.24) is 5.48 Å². The van der Waals surface area contributed by atoms with E-state index in [1.807, 2.05) is 43.3 Å². The summed E-state index contributed by atoms with van der Waals surface area (Å²) in [7, 11) is 0. The molecule has 13 heavy (non-hydrogen) atoms. The quantitative estimate of drug-likeness (QED) is 0.547. The molecule has 1 aromatic carbocycles. The minimum Gasteiger partial charge on any atom is -0.316 e. The van der Waals surface area contributed by atoms with E-state index in [-0.39, 0.29) is 12.0 Å². The Hall–Kier alpha value is -1.12. The molecular formula is C11H15NO. The van der Waals surface area contributed by atoms with Crippen LogP contribution in [0, 0.1) is 5.92 Å². The SMILES string of the molecule is C=C[C@H](C)[C@H](NO)c1ccccc1. The fourth-order valence-electron chi connectivity index (χ4n) is 1.29. The molecule has 2 heteroatoms. The van der Waals surface area contributed by atoms with Crippen LogP contribution < -0.4 is 5.48 Å². The van der Waals surface area contributed by atoms with E-state index in [0.29, 0.717) is 0 Å². The van der Waals surface area contributed by atoms with E-state index >= 15 is 0 Å². The molecule has 2 nitrogen and oxygen atoms in total. The number of hydrogen-bond donors (Lipinski definition) is 2. The lowest BCUT2D eigenvalue weighted by molar-refractivity contribution is 0.110. The Balaban J connectivity index is 2.84. The molecule has 0 saturated carbocycles. The maximum absolute atomic E-state index is 8.98. The van der Waals surface area contributed by atoms with Crippen molar-refractivity contribution in [2.75, 3.05) is 0 Å². The topological polar surface area (TPSA) is 32.3 Å². The average Bonchev–Trinajstić information content (AvgIpc) is 2.20. The molecule has 1 aromatic rings. The lowest BCUT2D eigenvalue weighted by atomic mass is 9.95. The smallest absolute Gasteiger partial charge is 0.0628 e. The highest BCUT2D eigenvalue weighted by atomic mass is 16.5. The van der Waals surface area contributed by atoms with Crippen LogP contribution in [-0.2, 0) is 0 Å². The number of hydrogen-bond acceptors (Lipinski definition) is 2. The van der Waals surface area contributed by atoms with Crippen molar-refractivity contribution in [3.8, 4) is 0 Å². The number of hydroxylamine groups is 1. The van der Waals surface area contributed by atoms with E-state index in [1.54, 1.807) is 0 Å². The second-order valence-electron chi connectivity index (χ2n) is 3.11. The monoisotopic (exact) mass is 177 g/mol. The summed E-state index contributed by atoms with van der Waals surface area (Å²) in [5, 5.41) is 8.98. The zero-order chi connectivity index (χ0) is 9.68. The van der Waals surface area contributed by atoms with Gasteiger partial charge in [0, 0.05) is 0 Å². The Morgan fingerprint density at radius 3 is 2.46 bits per heavy atom. The first-order chi connectivity index (χ1) is 6.29. The highest BCUT2D eigenvalue weighted by molar-refractivity contribution is 5.20. The third-order valence-corrected chi connectivity index (χ3v) is 2.20. The normalized spacial score (nSPS) is 14.9. The van der Waals surface area contributed by atoms with Gasteiger partial charge in [0.25, 0.3) is 0 Å². The second-order valence-corrected chi connectivity index (χ2v) is 3.11. The summed E-state index contributed by atoms with van der Waals surface area (Å²) in [6.45, 7) is 5.71. The molecule has 0 aliphatic rings. The van der Waals surface area contributed by atoms with Crippen LogP contribution >= 0.6 is 0 Å². The molecule has 0 fully saturated rings. The van der Waals surface area contributed by atoms with Crippen molar-refractivity contribution in [3.63, 3.8) is 0 Å². The van der Waals surface area contributed by atoms with Crippen LogP contribution in [0.5, 0.6) is 0 Å². The van der Waals surface area contributed by atoms with Crippen molar-refractivity contribution < 1.29 is 5.21 Å². The first-order valence-electron chi connectivity index (χ1n) is 4.36. The first-order valence-corrected chi connectivity index (χ1v) is 4.36. The molecule has 0 unspecified atom stereocenters. The molecule has 0 aliphatic carbocycles. The van der Waals surface area contributed by atoms with Crippen LogP contribution in [0.2, 0.25) is 0 Å². The van der Waals surface area contributed by atoms with Crippen LogP contribution in [0.4, 0.5) is 0 Å². The van der Waals surface area contributed by atoms with Crippen LogP contribution in [0.1, 0.15) is 18.5 Å². The lowest BCUT2D eigenvalue weighted by Crippen LogP contribution is -2.22. The van der Waals surface area contributed by atoms with Crippen molar-refractivity contribution in [2.24, 2.45) is 5.92 Å². The third kappa shape index (κ3) is 2.41. The molecular weight excluding hydrogens is 162 g/mol. The third-order valence-electron chi connectivity index (χ3n) is 2.20. The van der Waals surface area contributed by atoms with Crippen molar-refractivity contribution in [1.29, 1.82) is 0 Å². The van der Waals surface area contributed by atoms with Crippen molar-refractivity contribution >= 4 is 0 Å². The lowest BCUT2D eigenvalue weighted by Gasteiger charge is -2.19. The fraction of sp³-hybridized carbons (Fsp3) is 0.273. The maximum atomic E-state index is 8.98. The van der Waals surface area contributed by atoms with Gasteiger partial charge in [0.05, 0.1) is 6.04 Å². The van der Waals surface area contributed by atoms with Crippen LogP contribution in [0.3, 0.4) is 0 Å². The zero-order valence-electron chi connectivity index (χ0n) is 7.77. The number of benzene rings is 1. The molecule has 2 N–H and O–H groups in total. The van der Waals surface area contributed by atoms with Gasteiger partial charge in [-0.3, -0.25) is 0 Å². The van der Waals surface area contributed by atoms with Crippen molar-refractivity contribution in [2.45, 2.75) is 13.0 Å². The molecule has 0 bridgehead atoms. The Bertz CT molecular complexity index is 258. The van der Waals surface area contributed by atoms with Gasteiger partial charge in [0.1, 0.15) is 0 Å². The van der Waals surface area contributed by atoms with Gasteiger partial charge in [-0.1, -0.05) is 43.3 Å². The molecule has 0 aliphatic heterocycles. The van der Waals surface area contributed by atoms with Gasteiger partial charge in [-0.15, -0.1) is 6.58 Å². The largest absolute Gasteiger partial charge is 0.316 e. The molecule has 2 atom stereocenters. The molecule has 0 amide bonds. The van der Waals surface area contributed by atoms with E-state index in [9.17, 15) is 0 Å². The summed E-state index contributed by atoms with van der Waals surface area (Å²) in [5.41, 5.74) is 3.36. The Kier molecular flexibility index (Phi) is 3.68. The molecule has 0 aromatic heterocycles. The summed E-state index contributed by atoms with van der Waals surface area (Å²) in [6, 6.07) is 9.75. The van der Waals surface area contributed by atoms with Gasteiger partial charge in [-0.2, -0.15) is 5.48 Å². The highest BCUT2D eigenvalue weighted by Crippen LogP contribution is 2.21. The Labute approximate surface area is 78.9 Å². The summed E-state index contributed by atoms with van der Waals surface area (Å²) in [4.78, 5) is 0. The molecule has 0 saturated heterocycles. The molecule has 0 spiro atoms. The van der Waals surface area contributed by atoms with Crippen LogP contribution in [-0.4, -0.2) is 5.21 Å². The molecule has 0 heterocycles. The summed E-state index contributed by atoms with van der Waals surface area (Å²) in [6.07, 6.45) is 1.82. The average molecular weight is 177 g/mol. The Morgan fingerprint density at radius 1 is 1.38 bits per heavy atom. The van der Waals surface area contributed by atoms with Gasteiger partial charge in [-0.25, -0.2) is 0 Å². The number of rotatable bonds is 4. The molecule has 1 rings (SSSR count). The standard InChI is InChI=1S/C11H15NO/c1-3-9(2)11(12-13)10-7-5-4-6-8-10/h3-9,11-13H,1H2,2H3/t9-,11-/m0/s1. The van der Waals surface area contributed by atoms with Crippen LogP contribution in [0.25, 0.3) is 0 Å². The van der Waals surface area contributed by atoms with E-state index < -0.39 is 0 Å². The second kappa shape index (κ2) is 4.80. The summed E-state index contributed by atoms with van der Waals surface area (Å²) >= 11 is 0. The van der Waals surface area contributed by atoms with E-state index in [2.05, 4.69) is 12.1 Å². The minimum atomic E-state index is -0.0706. The first kappa shape index (κ1) is 9.96. The minimum absolute atomic E-state index is 0.0706.